The van der Waals surface area contributed by atoms with Crippen LogP contribution in [0.1, 0.15) is 40.1 Å². The van der Waals surface area contributed by atoms with Crippen molar-refractivity contribution >= 4 is 5.91 Å². The van der Waals surface area contributed by atoms with Gasteiger partial charge in [-0.25, -0.2) is 4.98 Å². The van der Waals surface area contributed by atoms with Crippen molar-refractivity contribution in [1.29, 1.82) is 0 Å². The topological polar surface area (TPSA) is 98.7 Å². The Labute approximate surface area is 137 Å². The van der Waals surface area contributed by atoms with E-state index in [1.807, 2.05) is 12.1 Å². The lowest BCUT2D eigenvalue weighted by Crippen LogP contribution is -2.28. The van der Waals surface area contributed by atoms with Crippen LogP contribution in [0.3, 0.4) is 0 Å². The van der Waals surface area contributed by atoms with Gasteiger partial charge in [0.1, 0.15) is 6.33 Å². The van der Waals surface area contributed by atoms with Crippen molar-refractivity contribution in [3.8, 4) is 11.4 Å². The molecule has 122 valence electrons. The van der Waals surface area contributed by atoms with E-state index in [1.54, 1.807) is 14.0 Å². The van der Waals surface area contributed by atoms with Crippen molar-refractivity contribution in [1.82, 2.24) is 30.2 Å². The average molecular weight is 324 g/mol. The summed E-state index contributed by atoms with van der Waals surface area (Å²) < 4.78 is 6.54. The van der Waals surface area contributed by atoms with Gasteiger partial charge in [0.15, 0.2) is 0 Å². The summed E-state index contributed by atoms with van der Waals surface area (Å²) in [6.07, 6.45) is 3.25. The molecule has 8 heteroatoms. The molecule has 0 spiro atoms. The minimum atomic E-state index is -0.258. The molecule has 24 heavy (non-hydrogen) atoms. The zero-order chi connectivity index (χ0) is 16.7. The number of nitrogens with zero attached hydrogens (tertiary/aromatic N) is 5. The quantitative estimate of drug-likeness (QED) is 0.785. The van der Waals surface area contributed by atoms with E-state index in [1.165, 1.54) is 16.6 Å². The zero-order valence-electron chi connectivity index (χ0n) is 13.4. The highest BCUT2D eigenvalue weighted by Gasteiger charge is 2.26. The molecule has 1 N–H and O–H groups in total. The molecule has 1 aliphatic rings. The predicted molar refractivity (Wildman–Crippen MR) is 84.0 cm³/mol. The SMILES string of the molecule is Cc1nc(-c2ccc3c(c2)CCC3NC(=O)c2ncn(C)n2)no1. The second-order valence-corrected chi connectivity index (χ2v) is 5.86. The van der Waals surface area contributed by atoms with Gasteiger partial charge in [-0.3, -0.25) is 9.48 Å². The lowest BCUT2D eigenvalue weighted by molar-refractivity contribution is 0.0926. The third-order valence-electron chi connectivity index (χ3n) is 4.11. The Balaban J connectivity index is 1.55. The Morgan fingerprint density at radius 3 is 3.00 bits per heavy atom. The molecule has 3 aromatic rings. The van der Waals surface area contributed by atoms with Crippen LogP contribution in [0.2, 0.25) is 0 Å². The number of aryl methyl sites for hydroxylation is 3. The van der Waals surface area contributed by atoms with Crippen LogP contribution in [0.4, 0.5) is 0 Å². The summed E-state index contributed by atoms with van der Waals surface area (Å²) in [5, 5.41) is 11.0. The number of hydrogen-bond acceptors (Lipinski definition) is 6. The van der Waals surface area contributed by atoms with Gasteiger partial charge in [0, 0.05) is 19.5 Å². The van der Waals surface area contributed by atoms with E-state index in [0.29, 0.717) is 11.7 Å². The maximum absolute atomic E-state index is 12.2. The van der Waals surface area contributed by atoms with Gasteiger partial charge in [0.2, 0.25) is 17.5 Å². The molecule has 2 aromatic heterocycles. The van der Waals surface area contributed by atoms with Gasteiger partial charge >= 0.3 is 0 Å². The summed E-state index contributed by atoms with van der Waals surface area (Å²) in [4.78, 5) is 20.5. The van der Waals surface area contributed by atoms with Gasteiger partial charge in [0.25, 0.3) is 5.91 Å². The number of aromatic nitrogens is 5. The first-order chi connectivity index (χ1) is 11.6. The summed E-state index contributed by atoms with van der Waals surface area (Å²) in [5.41, 5.74) is 3.22. The minimum absolute atomic E-state index is 0.0302. The first kappa shape index (κ1) is 14.6. The maximum Gasteiger partial charge on any atom is 0.291 e. The third-order valence-corrected chi connectivity index (χ3v) is 4.11. The van der Waals surface area contributed by atoms with Gasteiger partial charge in [-0.05, 0) is 30.0 Å². The Hall–Kier alpha value is -3.03. The zero-order valence-corrected chi connectivity index (χ0v) is 13.4. The fraction of sp³-hybridized carbons (Fsp3) is 0.312. The van der Waals surface area contributed by atoms with Crippen molar-refractivity contribution in [3.05, 3.63) is 47.4 Å². The van der Waals surface area contributed by atoms with Crippen LogP contribution in [0.5, 0.6) is 0 Å². The number of amides is 1. The summed E-state index contributed by atoms with van der Waals surface area (Å²) in [5.74, 6) is 1.05. The Morgan fingerprint density at radius 1 is 1.42 bits per heavy atom. The Kier molecular flexibility index (Phi) is 3.37. The highest BCUT2D eigenvalue weighted by molar-refractivity contribution is 5.90. The molecule has 0 fully saturated rings. The van der Waals surface area contributed by atoms with Crippen LogP contribution < -0.4 is 5.32 Å². The standard InChI is InChI=1S/C16H16N6O2/c1-9-18-14(21-24-9)11-3-5-12-10(7-11)4-6-13(12)19-16(23)15-17-8-22(2)20-15/h3,5,7-8,13H,4,6H2,1-2H3,(H,19,23). The molecule has 4 rings (SSSR count). The first-order valence-electron chi connectivity index (χ1n) is 7.70. The molecule has 1 amide bonds. The van der Waals surface area contributed by atoms with E-state index in [-0.39, 0.29) is 17.8 Å². The summed E-state index contributed by atoms with van der Waals surface area (Å²) in [6, 6.07) is 6.00. The number of benzene rings is 1. The first-order valence-corrected chi connectivity index (χ1v) is 7.70. The van der Waals surface area contributed by atoms with E-state index in [0.717, 1.165) is 24.0 Å². The second kappa shape index (κ2) is 5.55. The minimum Gasteiger partial charge on any atom is -0.342 e. The third kappa shape index (κ3) is 2.55. The molecular formula is C16H16N6O2. The molecule has 2 heterocycles. The van der Waals surface area contributed by atoms with Gasteiger partial charge in [-0.1, -0.05) is 17.3 Å². The number of carbonyl (C=O) groups is 1. The molecule has 1 unspecified atom stereocenters. The Morgan fingerprint density at radius 2 is 2.29 bits per heavy atom. The van der Waals surface area contributed by atoms with E-state index in [9.17, 15) is 4.79 Å². The smallest absolute Gasteiger partial charge is 0.291 e. The Bertz CT molecular complexity index is 913. The lowest BCUT2D eigenvalue weighted by Gasteiger charge is -2.13. The fourth-order valence-corrected chi connectivity index (χ4v) is 2.99. The number of hydrogen-bond donors (Lipinski definition) is 1. The van der Waals surface area contributed by atoms with Gasteiger partial charge < -0.3 is 9.84 Å². The van der Waals surface area contributed by atoms with Crippen LogP contribution in [0.15, 0.2) is 29.0 Å². The second-order valence-electron chi connectivity index (χ2n) is 5.86. The van der Waals surface area contributed by atoms with Gasteiger partial charge in [-0.2, -0.15) is 4.98 Å². The maximum atomic E-state index is 12.2. The van der Waals surface area contributed by atoms with E-state index in [2.05, 4.69) is 31.6 Å². The fourth-order valence-electron chi connectivity index (χ4n) is 2.99. The summed E-state index contributed by atoms with van der Waals surface area (Å²) in [6.45, 7) is 1.76. The monoisotopic (exact) mass is 324 g/mol. The van der Waals surface area contributed by atoms with Crippen molar-refractivity contribution in [2.45, 2.75) is 25.8 Å². The van der Waals surface area contributed by atoms with Crippen molar-refractivity contribution in [2.24, 2.45) is 7.05 Å². The number of nitrogens with one attached hydrogen (secondary N) is 1. The summed E-state index contributed by atoms with van der Waals surface area (Å²) in [7, 11) is 1.73. The largest absolute Gasteiger partial charge is 0.342 e. The summed E-state index contributed by atoms with van der Waals surface area (Å²) >= 11 is 0. The highest BCUT2D eigenvalue weighted by Crippen LogP contribution is 2.33. The van der Waals surface area contributed by atoms with Gasteiger partial charge in [0.05, 0.1) is 6.04 Å². The molecule has 1 aliphatic carbocycles. The molecule has 0 aliphatic heterocycles. The lowest BCUT2D eigenvalue weighted by atomic mass is 10.0. The normalized spacial score (nSPS) is 16.2. The predicted octanol–water partition coefficient (Wildman–Crippen LogP) is 1.59. The van der Waals surface area contributed by atoms with Crippen LogP contribution in [0.25, 0.3) is 11.4 Å². The average Bonchev–Trinajstić information content (AvgIpc) is 3.28. The molecule has 0 saturated carbocycles. The van der Waals surface area contributed by atoms with Crippen LogP contribution in [-0.4, -0.2) is 30.8 Å². The number of fused-ring (bicyclic) bond motifs is 1. The van der Waals surface area contributed by atoms with E-state index in [4.69, 9.17) is 4.52 Å². The molecule has 8 nitrogen and oxygen atoms in total. The molecular weight excluding hydrogens is 308 g/mol. The number of rotatable bonds is 3. The van der Waals surface area contributed by atoms with Crippen molar-refractivity contribution in [3.63, 3.8) is 0 Å². The van der Waals surface area contributed by atoms with Gasteiger partial charge in [-0.15, -0.1) is 5.10 Å². The molecule has 1 aromatic carbocycles. The highest BCUT2D eigenvalue weighted by atomic mass is 16.5. The van der Waals surface area contributed by atoms with Crippen molar-refractivity contribution < 1.29 is 9.32 Å². The number of carbonyl (C=O) groups excluding carboxylic acids is 1. The van der Waals surface area contributed by atoms with E-state index >= 15 is 0 Å². The molecule has 0 bridgehead atoms. The molecule has 0 saturated heterocycles. The van der Waals surface area contributed by atoms with E-state index < -0.39 is 0 Å². The molecule has 1 atom stereocenters. The van der Waals surface area contributed by atoms with Crippen LogP contribution in [0, 0.1) is 6.92 Å². The van der Waals surface area contributed by atoms with Crippen molar-refractivity contribution in [2.75, 3.05) is 0 Å². The van der Waals surface area contributed by atoms with Crippen LogP contribution in [-0.2, 0) is 13.5 Å². The van der Waals surface area contributed by atoms with Crippen LogP contribution >= 0.6 is 0 Å². The molecule has 0 radical (unpaired) electrons.